The molecule has 0 aliphatic carbocycles. The molecule has 1 aromatic rings. The third kappa shape index (κ3) is 3.16. The molecule has 1 fully saturated rings. The van der Waals surface area contributed by atoms with Crippen LogP contribution in [-0.2, 0) is 0 Å². The van der Waals surface area contributed by atoms with Crippen LogP contribution in [0.25, 0.3) is 0 Å². The average Bonchev–Trinajstić information content (AvgIpc) is 2.39. The van der Waals surface area contributed by atoms with Crippen LogP contribution >= 0.6 is 11.6 Å². The second-order valence-electron chi connectivity index (χ2n) is 4.67. The lowest BCUT2D eigenvalue weighted by Crippen LogP contribution is -2.41. The number of anilines is 1. The van der Waals surface area contributed by atoms with Crippen molar-refractivity contribution in [3.05, 3.63) is 22.8 Å². The normalized spacial score (nSPS) is 19.5. The molecule has 1 unspecified atom stereocenters. The maximum Gasteiger partial charge on any atom is 0.339 e. The number of hydrogen-bond acceptors (Lipinski definition) is 4. The van der Waals surface area contributed by atoms with E-state index >= 15 is 0 Å². The molecule has 1 aliphatic heterocycles. The number of carboxylic acids is 1. The van der Waals surface area contributed by atoms with Gasteiger partial charge in [-0.25, -0.2) is 9.78 Å². The van der Waals surface area contributed by atoms with Crippen molar-refractivity contribution in [3.8, 4) is 0 Å². The molecule has 104 valence electrons. The Hall–Kier alpha value is -1.33. The number of carbonyl (C=O) groups is 1. The van der Waals surface area contributed by atoms with E-state index in [0.29, 0.717) is 12.2 Å². The zero-order chi connectivity index (χ0) is 13.8. The maximum absolute atomic E-state index is 11.3. The smallest absolute Gasteiger partial charge is 0.339 e. The SMILES string of the molecule is O=C(O)c1ccc(Cl)nc1N1CCCCC1CCO. The number of nitrogens with zero attached hydrogens (tertiary/aromatic N) is 2. The topological polar surface area (TPSA) is 73.7 Å². The van der Waals surface area contributed by atoms with Gasteiger partial charge in [0, 0.05) is 19.2 Å². The van der Waals surface area contributed by atoms with Gasteiger partial charge in [-0.3, -0.25) is 0 Å². The molecule has 0 amide bonds. The summed E-state index contributed by atoms with van der Waals surface area (Å²) in [6.07, 6.45) is 3.64. The summed E-state index contributed by atoms with van der Waals surface area (Å²) in [6.45, 7) is 0.836. The molecule has 1 aromatic heterocycles. The summed E-state index contributed by atoms with van der Waals surface area (Å²) in [4.78, 5) is 17.4. The van der Waals surface area contributed by atoms with Crippen LogP contribution in [0.4, 0.5) is 5.82 Å². The van der Waals surface area contributed by atoms with Gasteiger partial charge in [-0.15, -0.1) is 0 Å². The lowest BCUT2D eigenvalue weighted by molar-refractivity contribution is 0.0697. The standard InChI is InChI=1S/C13H17ClN2O3/c14-11-5-4-10(13(18)19)12(15-11)16-7-2-1-3-9(16)6-8-17/h4-5,9,17H,1-3,6-8H2,(H,18,19). The van der Waals surface area contributed by atoms with Gasteiger partial charge >= 0.3 is 5.97 Å². The molecule has 5 nitrogen and oxygen atoms in total. The van der Waals surface area contributed by atoms with E-state index in [1.165, 1.54) is 12.1 Å². The van der Waals surface area contributed by atoms with Gasteiger partial charge in [0.25, 0.3) is 0 Å². The molecule has 0 radical (unpaired) electrons. The van der Waals surface area contributed by atoms with Gasteiger partial charge in [0.2, 0.25) is 0 Å². The van der Waals surface area contributed by atoms with Gasteiger partial charge in [-0.05, 0) is 37.8 Å². The van der Waals surface area contributed by atoms with Gasteiger partial charge in [-0.2, -0.15) is 0 Å². The van der Waals surface area contributed by atoms with Crippen LogP contribution in [0.2, 0.25) is 5.15 Å². The van der Waals surface area contributed by atoms with Crippen molar-refractivity contribution in [2.24, 2.45) is 0 Å². The molecule has 2 rings (SSSR count). The minimum atomic E-state index is -1.01. The molecule has 19 heavy (non-hydrogen) atoms. The third-order valence-corrected chi connectivity index (χ3v) is 3.64. The van der Waals surface area contributed by atoms with Crippen LogP contribution in [0.5, 0.6) is 0 Å². The van der Waals surface area contributed by atoms with Crippen LogP contribution in [0, 0.1) is 0 Å². The zero-order valence-corrected chi connectivity index (χ0v) is 11.3. The van der Waals surface area contributed by atoms with Gasteiger partial charge in [-0.1, -0.05) is 11.6 Å². The molecule has 6 heteroatoms. The first-order chi connectivity index (χ1) is 9.13. The fraction of sp³-hybridized carbons (Fsp3) is 0.538. The molecule has 0 bridgehead atoms. The molecular formula is C13H17ClN2O3. The Bertz CT molecular complexity index is 465. The predicted molar refractivity (Wildman–Crippen MR) is 72.9 cm³/mol. The maximum atomic E-state index is 11.3. The molecule has 0 spiro atoms. The number of carboxylic acid groups (broad SMARTS) is 1. The van der Waals surface area contributed by atoms with Gasteiger partial charge in [0.15, 0.2) is 0 Å². The number of piperidine rings is 1. The summed E-state index contributed by atoms with van der Waals surface area (Å²) in [5, 5.41) is 18.7. The number of aliphatic hydroxyl groups excluding tert-OH is 1. The van der Waals surface area contributed by atoms with Crippen molar-refractivity contribution in [1.82, 2.24) is 4.98 Å². The highest BCUT2D eigenvalue weighted by Crippen LogP contribution is 2.29. The fourth-order valence-electron chi connectivity index (χ4n) is 2.54. The van der Waals surface area contributed by atoms with Crippen LogP contribution in [0.15, 0.2) is 12.1 Å². The first-order valence-electron chi connectivity index (χ1n) is 6.41. The minimum Gasteiger partial charge on any atom is -0.478 e. The summed E-state index contributed by atoms with van der Waals surface area (Å²) in [6, 6.07) is 3.10. The van der Waals surface area contributed by atoms with E-state index in [2.05, 4.69) is 4.98 Å². The molecule has 0 saturated carbocycles. The van der Waals surface area contributed by atoms with Crippen molar-refractivity contribution >= 4 is 23.4 Å². The largest absolute Gasteiger partial charge is 0.478 e. The molecule has 1 saturated heterocycles. The highest BCUT2D eigenvalue weighted by molar-refractivity contribution is 6.29. The Morgan fingerprint density at radius 3 is 2.95 bits per heavy atom. The quantitative estimate of drug-likeness (QED) is 0.829. The van der Waals surface area contributed by atoms with Crippen LogP contribution < -0.4 is 4.90 Å². The van der Waals surface area contributed by atoms with E-state index < -0.39 is 5.97 Å². The predicted octanol–water partition coefficient (Wildman–Crippen LogP) is 2.17. The van der Waals surface area contributed by atoms with Crippen molar-refractivity contribution in [2.45, 2.75) is 31.7 Å². The summed E-state index contributed by atoms with van der Waals surface area (Å²) >= 11 is 5.89. The number of aromatic carboxylic acids is 1. The van der Waals surface area contributed by atoms with Crippen molar-refractivity contribution in [2.75, 3.05) is 18.1 Å². The van der Waals surface area contributed by atoms with E-state index in [4.69, 9.17) is 16.7 Å². The molecular weight excluding hydrogens is 268 g/mol. The second kappa shape index (κ2) is 6.21. The zero-order valence-electron chi connectivity index (χ0n) is 10.5. The van der Waals surface area contributed by atoms with Gasteiger partial charge < -0.3 is 15.1 Å². The van der Waals surface area contributed by atoms with Crippen LogP contribution in [0.1, 0.15) is 36.0 Å². The Morgan fingerprint density at radius 1 is 1.47 bits per heavy atom. The molecule has 2 heterocycles. The summed E-state index contributed by atoms with van der Waals surface area (Å²) in [7, 11) is 0. The summed E-state index contributed by atoms with van der Waals surface area (Å²) < 4.78 is 0. The van der Waals surface area contributed by atoms with Gasteiger partial charge in [0.05, 0.1) is 0 Å². The molecule has 2 N–H and O–H groups in total. The second-order valence-corrected chi connectivity index (χ2v) is 5.05. The lowest BCUT2D eigenvalue weighted by Gasteiger charge is -2.37. The van der Waals surface area contributed by atoms with E-state index in [-0.39, 0.29) is 23.4 Å². The number of halogens is 1. The van der Waals surface area contributed by atoms with E-state index in [9.17, 15) is 9.90 Å². The summed E-state index contributed by atoms with van der Waals surface area (Å²) in [5.74, 6) is -0.592. The Kier molecular flexibility index (Phi) is 4.61. The number of aliphatic hydroxyl groups is 1. The number of aromatic nitrogens is 1. The number of hydrogen-bond donors (Lipinski definition) is 2. The molecule has 1 aliphatic rings. The average molecular weight is 285 g/mol. The van der Waals surface area contributed by atoms with E-state index in [1.807, 2.05) is 4.90 Å². The van der Waals surface area contributed by atoms with Crippen molar-refractivity contribution in [1.29, 1.82) is 0 Å². The van der Waals surface area contributed by atoms with Crippen LogP contribution in [-0.4, -0.2) is 40.4 Å². The third-order valence-electron chi connectivity index (χ3n) is 3.43. The highest BCUT2D eigenvalue weighted by atomic mass is 35.5. The Morgan fingerprint density at radius 2 is 2.26 bits per heavy atom. The fourth-order valence-corrected chi connectivity index (χ4v) is 2.68. The van der Waals surface area contributed by atoms with E-state index in [1.54, 1.807) is 0 Å². The van der Waals surface area contributed by atoms with Crippen molar-refractivity contribution < 1.29 is 15.0 Å². The van der Waals surface area contributed by atoms with Crippen molar-refractivity contribution in [3.63, 3.8) is 0 Å². The van der Waals surface area contributed by atoms with Gasteiger partial charge in [0.1, 0.15) is 16.5 Å². The first kappa shape index (κ1) is 14.1. The Labute approximate surface area is 116 Å². The molecule has 1 atom stereocenters. The summed E-state index contributed by atoms with van der Waals surface area (Å²) in [5.41, 5.74) is 0.161. The molecule has 0 aromatic carbocycles. The minimum absolute atomic E-state index is 0.0874. The number of pyridine rings is 1. The Balaban J connectivity index is 2.37. The number of rotatable bonds is 4. The highest BCUT2D eigenvalue weighted by Gasteiger charge is 2.27. The monoisotopic (exact) mass is 284 g/mol. The first-order valence-corrected chi connectivity index (χ1v) is 6.78. The lowest BCUT2D eigenvalue weighted by atomic mass is 9.99. The van der Waals surface area contributed by atoms with Crippen LogP contribution in [0.3, 0.4) is 0 Å². The van der Waals surface area contributed by atoms with E-state index in [0.717, 1.165) is 25.8 Å².